The Morgan fingerprint density at radius 2 is 1.17 bits per heavy atom. The molecule has 0 aromatic heterocycles. The van der Waals surface area contributed by atoms with E-state index in [1.165, 1.54) is 0 Å². The van der Waals surface area contributed by atoms with Gasteiger partial charge in [-0.15, -0.1) is 0 Å². The van der Waals surface area contributed by atoms with Gasteiger partial charge in [0.05, 0.1) is 11.2 Å². The smallest absolute Gasteiger partial charge is 0.334 e. The fourth-order valence-corrected chi connectivity index (χ4v) is 7.57. The Morgan fingerprint density at radius 3 is 1.60 bits per heavy atom. The average Bonchev–Trinajstić information content (AvgIpc) is 3.85. The van der Waals surface area contributed by atoms with E-state index < -0.39 is 0 Å². The van der Waals surface area contributed by atoms with Gasteiger partial charge in [0.2, 0.25) is 0 Å². The van der Waals surface area contributed by atoms with E-state index in [1.54, 1.807) is 0 Å². The molecule has 6 aliphatic rings. The third kappa shape index (κ3) is 7.43. The van der Waals surface area contributed by atoms with E-state index in [0.717, 1.165) is 49.7 Å². The van der Waals surface area contributed by atoms with E-state index in [-0.39, 0.29) is 71.5 Å². The molecular formula is C35H48N4O8. The van der Waals surface area contributed by atoms with Crippen LogP contribution in [0.4, 0.5) is 9.59 Å². The second kappa shape index (κ2) is 13.5. The van der Waals surface area contributed by atoms with E-state index in [9.17, 15) is 19.2 Å². The van der Waals surface area contributed by atoms with E-state index in [4.69, 9.17) is 18.9 Å². The molecular weight excluding hydrogens is 604 g/mol. The Kier molecular flexibility index (Phi) is 9.53. The van der Waals surface area contributed by atoms with Crippen LogP contribution >= 0.6 is 0 Å². The summed E-state index contributed by atoms with van der Waals surface area (Å²) in [5, 5.41) is 11.6. The summed E-state index contributed by atoms with van der Waals surface area (Å²) in [7, 11) is 0. The third-order valence-electron chi connectivity index (χ3n) is 10.8. The van der Waals surface area contributed by atoms with Gasteiger partial charge in [-0.3, -0.25) is 0 Å². The molecule has 4 aliphatic heterocycles. The number of urea groups is 2. The maximum atomic E-state index is 12.5. The van der Waals surface area contributed by atoms with Crippen LogP contribution in [-0.2, 0) is 28.5 Å². The predicted molar refractivity (Wildman–Crippen MR) is 172 cm³/mol. The van der Waals surface area contributed by atoms with Gasteiger partial charge in [0.1, 0.15) is 24.4 Å². The number of nitrogens with one attached hydrogen (secondary N) is 4. The fourth-order valence-electron chi connectivity index (χ4n) is 7.57. The Hall–Kier alpha value is -3.64. The van der Waals surface area contributed by atoms with Gasteiger partial charge in [-0.05, 0) is 71.6 Å². The minimum Gasteiger partial charge on any atom is -0.455 e. The van der Waals surface area contributed by atoms with E-state index in [1.807, 2.05) is 0 Å². The molecule has 12 heteroatoms. The van der Waals surface area contributed by atoms with Crippen LogP contribution in [0, 0.1) is 11.8 Å². The quantitative estimate of drug-likeness (QED) is 0.102. The molecule has 4 fully saturated rings. The second-order valence-electron chi connectivity index (χ2n) is 14.2. The SMILES string of the molecule is C=C1C(=O)O[C@H]2[C@H]1CC/C(CNC(=O)NCCCNC(=O)NC/C1=C/CC[C@@]3(C)O[C@H]3[C@H]3OC(=O)C(=C)[C@@H]3CC1)=C\CC[C@@]1(C)O[C@@H]21. The standard InChI is InChI=1S/C35H48N4O8/c1-20-24-12-10-22(8-5-14-34(3)28(46-34)26(24)44-30(20)40)18-38-32(42)36-16-7-17-37-33(43)39-19-23-9-6-15-35(4)29(47-35)27-25(13-11-23)21(2)31(41)45-27/h8-9,24-29H,1-2,5-7,10-19H2,3-4H3,(H2,36,38,42)(H2,37,39,43)/b22-8+,23-9+/t24-,25-,26-,27-,28-,29-,34+,35+/m0/s1. The summed E-state index contributed by atoms with van der Waals surface area (Å²) in [6, 6.07) is -0.545. The number of hydrogen-bond acceptors (Lipinski definition) is 8. The van der Waals surface area contributed by atoms with Crippen molar-refractivity contribution in [3.05, 3.63) is 47.6 Å². The second-order valence-corrected chi connectivity index (χ2v) is 14.2. The normalized spacial score (nSPS) is 38.3. The first-order valence-corrected chi connectivity index (χ1v) is 17.0. The summed E-state index contributed by atoms with van der Waals surface area (Å²) in [5.74, 6) is -0.835. The van der Waals surface area contributed by atoms with Gasteiger partial charge in [-0.2, -0.15) is 0 Å². The molecule has 0 aromatic rings. The number of carbonyl (C=O) groups excluding carboxylic acids is 4. The van der Waals surface area contributed by atoms with Crippen molar-refractivity contribution in [1.29, 1.82) is 0 Å². The molecule has 256 valence electrons. The molecule has 8 atom stereocenters. The fraction of sp³-hybridized carbons (Fsp3) is 0.657. The third-order valence-corrected chi connectivity index (χ3v) is 10.8. The van der Waals surface area contributed by atoms with Crippen LogP contribution in [0.25, 0.3) is 0 Å². The van der Waals surface area contributed by atoms with Gasteiger partial charge < -0.3 is 40.2 Å². The van der Waals surface area contributed by atoms with Crippen LogP contribution in [0.3, 0.4) is 0 Å². The molecule has 0 bridgehead atoms. The number of esters is 2. The molecule has 47 heavy (non-hydrogen) atoms. The van der Waals surface area contributed by atoms with Crippen LogP contribution in [0.5, 0.6) is 0 Å². The molecule has 0 aromatic carbocycles. The number of carbonyl (C=O) groups is 4. The monoisotopic (exact) mass is 652 g/mol. The maximum Gasteiger partial charge on any atom is 0.334 e. The van der Waals surface area contributed by atoms with Gasteiger partial charge in [-0.25, -0.2) is 19.2 Å². The van der Waals surface area contributed by atoms with Gasteiger partial charge in [0, 0.05) is 49.2 Å². The molecule has 4 saturated heterocycles. The zero-order valence-electron chi connectivity index (χ0n) is 27.5. The van der Waals surface area contributed by atoms with Crippen molar-refractivity contribution in [3.63, 3.8) is 0 Å². The van der Waals surface area contributed by atoms with Gasteiger partial charge >= 0.3 is 24.0 Å². The minimum atomic E-state index is -0.337. The van der Waals surface area contributed by atoms with Crippen LogP contribution in [0.1, 0.15) is 71.6 Å². The largest absolute Gasteiger partial charge is 0.455 e. The van der Waals surface area contributed by atoms with E-state index >= 15 is 0 Å². The lowest BCUT2D eigenvalue weighted by atomic mass is 9.84. The number of ether oxygens (including phenoxy) is 4. The van der Waals surface area contributed by atoms with Crippen molar-refractivity contribution in [2.45, 2.75) is 107 Å². The van der Waals surface area contributed by atoms with Crippen molar-refractivity contribution in [3.8, 4) is 0 Å². The van der Waals surface area contributed by atoms with Crippen LogP contribution in [-0.4, -0.2) is 85.8 Å². The van der Waals surface area contributed by atoms with E-state index in [2.05, 4.69) is 60.4 Å². The first-order valence-electron chi connectivity index (χ1n) is 17.0. The highest BCUT2D eigenvalue weighted by Gasteiger charge is 2.62. The van der Waals surface area contributed by atoms with E-state index in [0.29, 0.717) is 56.6 Å². The average molecular weight is 653 g/mol. The summed E-state index contributed by atoms with van der Waals surface area (Å²) in [5.41, 5.74) is 2.63. The highest BCUT2D eigenvalue weighted by molar-refractivity contribution is 5.91. The summed E-state index contributed by atoms with van der Waals surface area (Å²) < 4.78 is 23.1. The molecule has 0 saturated carbocycles. The highest BCUT2D eigenvalue weighted by Crippen LogP contribution is 2.51. The Bertz CT molecular complexity index is 1290. The van der Waals surface area contributed by atoms with Crippen LogP contribution in [0.15, 0.2) is 47.6 Å². The Balaban J connectivity index is 0.870. The number of epoxide rings is 2. The molecule has 0 unspecified atom stereocenters. The lowest BCUT2D eigenvalue weighted by Crippen LogP contribution is -2.40. The lowest BCUT2D eigenvalue weighted by molar-refractivity contribution is -0.140. The van der Waals surface area contributed by atoms with Crippen molar-refractivity contribution < 1.29 is 38.1 Å². The van der Waals surface area contributed by atoms with Gasteiger partial charge in [0.25, 0.3) is 0 Å². The van der Waals surface area contributed by atoms with Crippen molar-refractivity contribution in [2.24, 2.45) is 11.8 Å². The summed E-state index contributed by atoms with van der Waals surface area (Å²) in [4.78, 5) is 49.3. The molecule has 4 amide bonds. The summed E-state index contributed by atoms with van der Waals surface area (Å²) in [6.07, 6.45) is 10.4. The van der Waals surface area contributed by atoms with Crippen molar-refractivity contribution in [1.82, 2.24) is 21.3 Å². The topological polar surface area (TPSA) is 160 Å². The van der Waals surface area contributed by atoms with Gasteiger partial charge in [0.15, 0.2) is 0 Å². The van der Waals surface area contributed by atoms with Crippen molar-refractivity contribution >= 4 is 24.0 Å². The molecule has 6 rings (SSSR count). The van der Waals surface area contributed by atoms with Crippen LogP contribution < -0.4 is 21.3 Å². The predicted octanol–water partition coefficient (Wildman–Crippen LogP) is 3.49. The molecule has 4 heterocycles. The zero-order chi connectivity index (χ0) is 33.3. The minimum absolute atomic E-state index is 0.0797. The number of hydrogen-bond donors (Lipinski definition) is 4. The number of amides is 4. The lowest BCUT2D eigenvalue weighted by Gasteiger charge is -2.20. The van der Waals surface area contributed by atoms with Crippen LogP contribution in [0.2, 0.25) is 0 Å². The number of allylic oxidation sites excluding steroid dienone is 2. The zero-order valence-corrected chi connectivity index (χ0v) is 27.5. The maximum absolute atomic E-state index is 12.5. The van der Waals surface area contributed by atoms with Crippen molar-refractivity contribution in [2.75, 3.05) is 26.2 Å². The number of rotatable bonds is 8. The summed E-state index contributed by atoms with van der Waals surface area (Å²) in [6.45, 7) is 13.7. The Morgan fingerprint density at radius 1 is 0.745 bits per heavy atom. The molecule has 4 N–H and O–H groups in total. The molecule has 0 spiro atoms. The van der Waals surface area contributed by atoms with Gasteiger partial charge in [-0.1, -0.05) is 36.5 Å². The first kappa shape index (κ1) is 33.3. The first-order chi connectivity index (χ1) is 22.5. The molecule has 2 aliphatic carbocycles. The highest BCUT2D eigenvalue weighted by atomic mass is 16.7. The Labute approximate surface area is 276 Å². The summed E-state index contributed by atoms with van der Waals surface area (Å²) >= 11 is 0. The molecule has 0 radical (unpaired) electrons. The molecule has 12 nitrogen and oxygen atoms in total. The number of fused-ring (bicyclic) bond motifs is 6.